The van der Waals surface area contributed by atoms with Crippen molar-refractivity contribution >= 4 is 11.8 Å². The van der Waals surface area contributed by atoms with E-state index in [1.807, 2.05) is 17.6 Å². The summed E-state index contributed by atoms with van der Waals surface area (Å²) >= 11 is 0. The fourth-order valence-electron chi connectivity index (χ4n) is 3.15. The normalized spacial score (nSPS) is 17.5. The Morgan fingerprint density at radius 3 is 2.90 bits per heavy atom. The second-order valence-electron chi connectivity index (χ2n) is 5.39. The Balaban J connectivity index is 2.13. The minimum Gasteiger partial charge on any atom is -0.481 e. The number of aliphatic carboxylic acids is 1. The van der Waals surface area contributed by atoms with Crippen LogP contribution in [-0.2, 0) is 17.8 Å². The first-order valence-electron chi connectivity index (χ1n) is 7.26. The summed E-state index contributed by atoms with van der Waals surface area (Å²) in [5, 5.41) is 9.38. The predicted octanol–water partition coefficient (Wildman–Crippen LogP) is 2.57. The van der Waals surface area contributed by atoms with Gasteiger partial charge in [0.25, 0.3) is 0 Å². The number of H-pyrrole nitrogens is 1. The number of aryl methyl sites for hydroxylation is 1. The molecule has 1 aliphatic heterocycles. The van der Waals surface area contributed by atoms with Gasteiger partial charge in [-0.2, -0.15) is 0 Å². The van der Waals surface area contributed by atoms with Crippen LogP contribution in [0.25, 0.3) is 0 Å². The molecule has 5 nitrogen and oxygen atoms in total. The van der Waals surface area contributed by atoms with Crippen molar-refractivity contribution in [2.24, 2.45) is 0 Å². The summed E-state index contributed by atoms with van der Waals surface area (Å²) in [5.41, 5.74) is 2.88. The molecule has 0 saturated carbocycles. The Bertz CT molecular complexity index is 683. The lowest BCUT2D eigenvalue weighted by Gasteiger charge is -2.23. The molecule has 0 bridgehead atoms. The second-order valence-corrected chi connectivity index (χ2v) is 5.39. The number of carboxylic acid groups (broad SMARTS) is 1. The quantitative estimate of drug-likeness (QED) is 0.848. The first kappa shape index (κ1) is 13.7. The van der Waals surface area contributed by atoms with Crippen molar-refractivity contribution in [2.45, 2.75) is 38.6 Å². The van der Waals surface area contributed by atoms with Crippen LogP contribution in [0.5, 0.6) is 0 Å². The van der Waals surface area contributed by atoms with E-state index in [0.29, 0.717) is 30.8 Å². The maximum absolute atomic E-state index is 12.7. The first-order valence-corrected chi connectivity index (χ1v) is 7.26. The molecule has 0 saturated heterocycles. The van der Waals surface area contributed by atoms with Gasteiger partial charge < -0.3 is 14.7 Å². The average molecular weight is 286 g/mol. The molecule has 5 heteroatoms. The molecular formula is C16H18N2O3. The van der Waals surface area contributed by atoms with Crippen LogP contribution in [-0.4, -0.2) is 26.4 Å². The van der Waals surface area contributed by atoms with Crippen molar-refractivity contribution in [2.75, 3.05) is 0 Å². The van der Waals surface area contributed by atoms with Crippen LogP contribution in [0.2, 0.25) is 0 Å². The van der Waals surface area contributed by atoms with E-state index in [0.717, 1.165) is 17.7 Å². The SMILES string of the molecule is CCc1cc2n(c1C(=O)c1ccc[nH]1)CCCC2C(=O)O. The summed E-state index contributed by atoms with van der Waals surface area (Å²) < 4.78 is 1.91. The Hall–Kier alpha value is -2.30. The number of fused-ring (bicyclic) bond motifs is 1. The van der Waals surface area contributed by atoms with E-state index in [1.54, 1.807) is 18.3 Å². The number of aromatic amines is 1. The van der Waals surface area contributed by atoms with Crippen molar-refractivity contribution in [3.8, 4) is 0 Å². The number of rotatable bonds is 4. The summed E-state index contributed by atoms with van der Waals surface area (Å²) in [4.78, 5) is 27.1. The average Bonchev–Trinajstić information content (AvgIpc) is 3.12. The van der Waals surface area contributed by atoms with E-state index in [9.17, 15) is 14.7 Å². The van der Waals surface area contributed by atoms with Crippen LogP contribution in [0.4, 0.5) is 0 Å². The predicted molar refractivity (Wildman–Crippen MR) is 77.6 cm³/mol. The lowest BCUT2D eigenvalue weighted by molar-refractivity contribution is -0.139. The number of hydrogen-bond donors (Lipinski definition) is 2. The third kappa shape index (κ3) is 2.18. The molecule has 2 aromatic heterocycles. The van der Waals surface area contributed by atoms with E-state index in [-0.39, 0.29) is 5.78 Å². The van der Waals surface area contributed by atoms with Crippen LogP contribution in [0.3, 0.4) is 0 Å². The molecule has 2 aromatic rings. The highest BCUT2D eigenvalue weighted by Gasteiger charge is 2.31. The molecule has 2 N–H and O–H groups in total. The Kier molecular flexibility index (Phi) is 3.41. The number of nitrogens with one attached hydrogen (secondary N) is 1. The lowest BCUT2D eigenvalue weighted by atomic mass is 9.96. The van der Waals surface area contributed by atoms with Gasteiger partial charge in [-0.05, 0) is 43.0 Å². The molecule has 0 amide bonds. The zero-order chi connectivity index (χ0) is 15.0. The third-order valence-electron chi connectivity index (χ3n) is 4.18. The molecular weight excluding hydrogens is 268 g/mol. The number of ketones is 1. The number of nitrogens with zero attached hydrogens (tertiary/aromatic N) is 1. The molecule has 3 rings (SSSR count). The van der Waals surface area contributed by atoms with Crippen molar-refractivity contribution in [1.29, 1.82) is 0 Å². The van der Waals surface area contributed by atoms with E-state index < -0.39 is 11.9 Å². The van der Waals surface area contributed by atoms with Crippen molar-refractivity contribution < 1.29 is 14.7 Å². The summed E-state index contributed by atoms with van der Waals surface area (Å²) in [6.07, 6.45) is 3.86. The van der Waals surface area contributed by atoms with Crippen molar-refractivity contribution in [3.63, 3.8) is 0 Å². The first-order chi connectivity index (χ1) is 10.1. The topological polar surface area (TPSA) is 75.1 Å². The fourth-order valence-corrected chi connectivity index (χ4v) is 3.15. The molecule has 0 aliphatic carbocycles. The van der Waals surface area contributed by atoms with E-state index >= 15 is 0 Å². The van der Waals surface area contributed by atoms with Crippen molar-refractivity contribution in [3.05, 3.63) is 47.0 Å². The van der Waals surface area contributed by atoms with Gasteiger partial charge in [0.1, 0.15) is 0 Å². The van der Waals surface area contributed by atoms with Crippen LogP contribution < -0.4 is 0 Å². The highest BCUT2D eigenvalue weighted by atomic mass is 16.4. The molecule has 0 radical (unpaired) electrons. The number of carbonyl (C=O) groups is 2. The molecule has 3 heterocycles. The minimum atomic E-state index is -0.810. The van der Waals surface area contributed by atoms with Gasteiger partial charge in [0.15, 0.2) is 0 Å². The fraction of sp³-hybridized carbons (Fsp3) is 0.375. The number of carboxylic acids is 1. The maximum atomic E-state index is 12.7. The summed E-state index contributed by atoms with van der Waals surface area (Å²) in [5.74, 6) is -1.38. The Labute approximate surface area is 122 Å². The summed E-state index contributed by atoms with van der Waals surface area (Å²) in [6.45, 7) is 2.70. The maximum Gasteiger partial charge on any atom is 0.312 e. The molecule has 110 valence electrons. The van der Waals surface area contributed by atoms with Crippen molar-refractivity contribution in [1.82, 2.24) is 9.55 Å². The van der Waals surface area contributed by atoms with Crippen LogP contribution >= 0.6 is 0 Å². The third-order valence-corrected chi connectivity index (χ3v) is 4.18. The minimum absolute atomic E-state index is 0.0610. The van der Waals surface area contributed by atoms with E-state index in [4.69, 9.17) is 0 Å². The molecule has 0 fully saturated rings. The van der Waals surface area contributed by atoms with Crippen LogP contribution in [0.1, 0.15) is 53.1 Å². The Morgan fingerprint density at radius 1 is 1.48 bits per heavy atom. The highest BCUT2D eigenvalue weighted by molar-refractivity contribution is 6.08. The van der Waals surface area contributed by atoms with Crippen LogP contribution in [0.15, 0.2) is 24.4 Å². The van der Waals surface area contributed by atoms with Crippen LogP contribution in [0, 0.1) is 0 Å². The van der Waals surface area contributed by atoms with Gasteiger partial charge in [-0.15, -0.1) is 0 Å². The van der Waals surface area contributed by atoms with E-state index in [2.05, 4.69) is 4.98 Å². The standard InChI is InChI=1S/C16H18N2O3/c1-2-10-9-13-11(16(20)21)5-4-8-18(13)14(10)15(19)12-6-3-7-17-12/h3,6-7,9,11,17H,2,4-5,8H2,1H3,(H,20,21). The zero-order valence-electron chi connectivity index (χ0n) is 11.9. The highest BCUT2D eigenvalue weighted by Crippen LogP contribution is 2.33. The largest absolute Gasteiger partial charge is 0.481 e. The summed E-state index contributed by atoms with van der Waals surface area (Å²) in [6, 6.07) is 5.44. The molecule has 1 atom stereocenters. The van der Waals surface area contributed by atoms with Gasteiger partial charge in [0, 0.05) is 18.4 Å². The van der Waals surface area contributed by atoms with Gasteiger partial charge in [0.2, 0.25) is 5.78 Å². The van der Waals surface area contributed by atoms with Gasteiger partial charge in [-0.25, -0.2) is 0 Å². The van der Waals surface area contributed by atoms with Gasteiger partial charge in [-0.3, -0.25) is 9.59 Å². The lowest BCUT2D eigenvalue weighted by Crippen LogP contribution is -2.24. The van der Waals surface area contributed by atoms with E-state index in [1.165, 1.54) is 0 Å². The molecule has 21 heavy (non-hydrogen) atoms. The molecule has 1 unspecified atom stereocenters. The van der Waals surface area contributed by atoms with Gasteiger partial charge in [0.05, 0.1) is 17.3 Å². The summed E-state index contributed by atoms with van der Waals surface area (Å²) in [7, 11) is 0. The molecule has 1 aliphatic rings. The van der Waals surface area contributed by atoms with Gasteiger partial charge >= 0.3 is 5.97 Å². The second kappa shape index (κ2) is 5.24. The zero-order valence-corrected chi connectivity index (χ0v) is 11.9. The molecule has 0 spiro atoms. The monoisotopic (exact) mass is 286 g/mol. The number of carbonyl (C=O) groups excluding carboxylic acids is 1. The van der Waals surface area contributed by atoms with Gasteiger partial charge in [-0.1, -0.05) is 6.92 Å². The number of aromatic nitrogens is 2. The smallest absolute Gasteiger partial charge is 0.312 e. The Morgan fingerprint density at radius 2 is 2.29 bits per heavy atom. The number of hydrogen-bond acceptors (Lipinski definition) is 2. The molecule has 0 aromatic carbocycles.